The van der Waals surface area contributed by atoms with Gasteiger partial charge >= 0.3 is 0 Å². The molecule has 3 unspecified atom stereocenters. The number of nitrogens with zero attached hydrogens (tertiary/aromatic N) is 3. The topological polar surface area (TPSA) is 54.4 Å². The molecule has 0 bridgehead atoms. The summed E-state index contributed by atoms with van der Waals surface area (Å²) in [5.41, 5.74) is 8.55. The Balaban J connectivity index is 1.45. The molecule has 0 aliphatic carbocycles. The zero-order valence-corrected chi connectivity index (χ0v) is 15.4. The van der Waals surface area contributed by atoms with Gasteiger partial charge in [0.1, 0.15) is 0 Å². The molecule has 0 spiro atoms. The van der Waals surface area contributed by atoms with Crippen LogP contribution in [0.1, 0.15) is 23.7 Å². The zero-order valence-electron chi connectivity index (χ0n) is 15.4. The van der Waals surface area contributed by atoms with Crippen LogP contribution < -0.4 is 10.9 Å². The van der Waals surface area contributed by atoms with E-state index in [1.54, 1.807) is 13.2 Å². The van der Waals surface area contributed by atoms with Crippen molar-refractivity contribution in [3.05, 3.63) is 53.6 Å². The van der Waals surface area contributed by atoms with Crippen molar-refractivity contribution in [1.29, 1.82) is 0 Å². The van der Waals surface area contributed by atoms with E-state index < -0.39 is 11.6 Å². The lowest BCUT2D eigenvalue weighted by atomic mass is 9.85. The molecule has 2 aliphatic rings. The summed E-state index contributed by atoms with van der Waals surface area (Å²) in [5.74, 6) is -1.32. The minimum Gasteiger partial charge on any atom is -0.383 e. The molecular weight excluding hydrogens is 352 g/mol. The number of hydrogen-bond donors (Lipinski definition) is 2. The van der Waals surface area contributed by atoms with Gasteiger partial charge in [0, 0.05) is 51.4 Å². The lowest BCUT2D eigenvalue weighted by molar-refractivity contribution is 0.143. The van der Waals surface area contributed by atoms with Crippen LogP contribution in [0.4, 0.5) is 8.78 Å². The summed E-state index contributed by atoms with van der Waals surface area (Å²) in [6.07, 6.45) is 4.74. The summed E-state index contributed by atoms with van der Waals surface area (Å²) in [5, 5.41) is 0. The maximum absolute atomic E-state index is 13.7. The summed E-state index contributed by atoms with van der Waals surface area (Å²) in [6.45, 7) is 4.11. The lowest BCUT2D eigenvalue weighted by Gasteiger charge is -2.36. The number of halogens is 2. The van der Waals surface area contributed by atoms with E-state index in [9.17, 15) is 8.78 Å². The van der Waals surface area contributed by atoms with Gasteiger partial charge in [-0.1, -0.05) is 6.07 Å². The molecule has 2 saturated heterocycles. The third-order valence-electron chi connectivity index (χ3n) is 5.62. The average Bonchev–Trinajstić information content (AvgIpc) is 3.29. The number of imidazole rings is 1. The van der Waals surface area contributed by atoms with Crippen LogP contribution in [0, 0.1) is 17.6 Å². The lowest BCUT2D eigenvalue weighted by Crippen LogP contribution is -2.45. The van der Waals surface area contributed by atoms with E-state index in [-0.39, 0.29) is 6.04 Å². The summed E-state index contributed by atoms with van der Waals surface area (Å²) < 4.78 is 34.2. The quantitative estimate of drug-likeness (QED) is 0.805. The van der Waals surface area contributed by atoms with Gasteiger partial charge < -0.3 is 9.30 Å². The first-order chi connectivity index (χ1) is 13.2. The highest BCUT2D eigenvalue weighted by molar-refractivity contribution is 5.24. The van der Waals surface area contributed by atoms with E-state index in [0.29, 0.717) is 18.6 Å². The second kappa shape index (κ2) is 8.02. The second-order valence-electron chi connectivity index (χ2n) is 7.31. The van der Waals surface area contributed by atoms with Crippen molar-refractivity contribution in [1.82, 2.24) is 25.3 Å². The van der Waals surface area contributed by atoms with E-state index in [2.05, 4.69) is 25.3 Å². The van der Waals surface area contributed by atoms with Crippen LogP contribution in [0.15, 0.2) is 30.7 Å². The minimum absolute atomic E-state index is 0.0358. The number of fused-ring (bicyclic) bond motifs is 1. The van der Waals surface area contributed by atoms with E-state index in [1.807, 2.05) is 12.5 Å². The second-order valence-corrected chi connectivity index (χ2v) is 7.31. The molecule has 2 N–H and O–H groups in total. The predicted octanol–water partition coefficient (Wildman–Crippen LogP) is 1.85. The molecule has 8 heteroatoms. The van der Waals surface area contributed by atoms with Crippen LogP contribution in [-0.2, 0) is 17.8 Å². The zero-order chi connectivity index (χ0) is 18.8. The molecule has 3 atom stereocenters. The van der Waals surface area contributed by atoms with Gasteiger partial charge in [0.05, 0.1) is 24.7 Å². The number of piperidine rings is 1. The Bertz CT molecular complexity index is 783. The van der Waals surface area contributed by atoms with Gasteiger partial charge in [-0.3, -0.25) is 10.3 Å². The molecule has 2 fully saturated rings. The summed E-state index contributed by atoms with van der Waals surface area (Å²) in [4.78, 5) is 6.67. The Labute approximate surface area is 157 Å². The molecule has 1 aromatic carbocycles. The number of hydrogen-bond acceptors (Lipinski definition) is 5. The number of likely N-dealkylation sites (tertiary alicyclic amines) is 1. The highest BCUT2D eigenvalue weighted by atomic mass is 19.2. The van der Waals surface area contributed by atoms with Gasteiger partial charge in [0.2, 0.25) is 0 Å². The Morgan fingerprint density at radius 3 is 2.96 bits per heavy atom. The predicted molar refractivity (Wildman–Crippen MR) is 96.6 cm³/mol. The van der Waals surface area contributed by atoms with Crippen LogP contribution in [0.25, 0.3) is 0 Å². The number of nitrogens with one attached hydrogen (secondary N) is 2. The van der Waals surface area contributed by atoms with Crippen molar-refractivity contribution < 1.29 is 13.5 Å². The molecule has 0 saturated carbocycles. The number of aromatic nitrogens is 2. The van der Waals surface area contributed by atoms with Crippen molar-refractivity contribution in [3.8, 4) is 0 Å². The molecular formula is C19H25F2N5O. The molecule has 2 aliphatic heterocycles. The normalized spacial score (nSPS) is 25.7. The molecule has 2 aromatic rings. The average molecular weight is 377 g/mol. The van der Waals surface area contributed by atoms with Gasteiger partial charge in [0.15, 0.2) is 11.6 Å². The van der Waals surface area contributed by atoms with Crippen molar-refractivity contribution in [2.24, 2.45) is 5.92 Å². The van der Waals surface area contributed by atoms with Crippen LogP contribution in [-0.4, -0.2) is 47.3 Å². The molecule has 4 rings (SSSR count). The molecule has 0 amide bonds. The minimum atomic E-state index is -0.809. The van der Waals surface area contributed by atoms with Crippen molar-refractivity contribution in [2.75, 3.05) is 26.8 Å². The number of methoxy groups -OCH3 is 1. The monoisotopic (exact) mass is 377 g/mol. The first-order valence-corrected chi connectivity index (χ1v) is 9.32. The van der Waals surface area contributed by atoms with E-state index in [0.717, 1.165) is 43.9 Å². The van der Waals surface area contributed by atoms with Crippen LogP contribution in [0.3, 0.4) is 0 Å². The van der Waals surface area contributed by atoms with Crippen molar-refractivity contribution in [2.45, 2.75) is 31.6 Å². The largest absolute Gasteiger partial charge is 0.383 e. The molecule has 27 heavy (non-hydrogen) atoms. The maximum Gasteiger partial charge on any atom is 0.159 e. The first-order valence-electron chi connectivity index (χ1n) is 9.32. The summed E-state index contributed by atoms with van der Waals surface area (Å²) >= 11 is 0. The fraction of sp³-hybridized carbons (Fsp3) is 0.526. The Morgan fingerprint density at radius 2 is 2.15 bits per heavy atom. The maximum atomic E-state index is 13.7. The molecule has 0 radical (unpaired) electrons. The van der Waals surface area contributed by atoms with E-state index in [1.165, 1.54) is 12.1 Å². The molecule has 146 valence electrons. The van der Waals surface area contributed by atoms with Crippen LogP contribution in [0.5, 0.6) is 0 Å². The van der Waals surface area contributed by atoms with Gasteiger partial charge in [-0.15, -0.1) is 0 Å². The van der Waals surface area contributed by atoms with Gasteiger partial charge in [-0.05, 0) is 24.1 Å². The fourth-order valence-corrected chi connectivity index (χ4v) is 4.15. The first kappa shape index (κ1) is 18.5. The Hall–Kier alpha value is -1.87. The number of benzene rings is 1. The van der Waals surface area contributed by atoms with Crippen LogP contribution >= 0.6 is 0 Å². The molecule has 1 aromatic heterocycles. The van der Waals surface area contributed by atoms with E-state index in [4.69, 9.17) is 4.74 Å². The standard InChI is InChI=1S/C19H25F2N5O/c1-27-7-6-26-12-22-9-14(26)10-25-5-4-18-15(11-25)19(24-23-18)13-2-3-16(20)17(21)8-13/h2-3,8-9,12,15,18-19,23-24H,4-7,10-11H2,1H3. The van der Waals surface area contributed by atoms with Crippen LogP contribution in [0.2, 0.25) is 0 Å². The number of ether oxygens (including phenoxy) is 1. The number of hydrazine groups is 1. The van der Waals surface area contributed by atoms with Gasteiger partial charge in [-0.2, -0.15) is 0 Å². The molecule has 3 heterocycles. The fourth-order valence-electron chi connectivity index (χ4n) is 4.15. The van der Waals surface area contributed by atoms with Gasteiger partial charge in [0.25, 0.3) is 0 Å². The van der Waals surface area contributed by atoms with E-state index >= 15 is 0 Å². The third-order valence-corrected chi connectivity index (χ3v) is 5.62. The smallest absolute Gasteiger partial charge is 0.159 e. The highest BCUT2D eigenvalue weighted by Crippen LogP contribution is 2.34. The van der Waals surface area contributed by atoms with Crippen molar-refractivity contribution >= 4 is 0 Å². The highest BCUT2D eigenvalue weighted by Gasteiger charge is 2.40. The third kappa shape index (κ3) is 3.89. The van der Waals surface area contributed by atoms with Crippen molar-refractivity contribution in [3.63, 3.8) is 0 Å². The van der Waals surface area contributed by atoms with Gasteiger partial charge in [-0.25, -0.2) is 19.2 Å². The summed E-state index contributed by atoms with van der Waals surface area (Å²) in [7, 11) is 1.69. The SMILES string of the molecule is COCCn1cncc1CN1CCC2NNC(c3ccc(F)c(F)c3)C2C1. The number of rotatable bonds is 6. The summed E-state index contributed by atoms with van der Waals surface area (Å²) in [6, 6.07) is 4.47. The Kier molecular flexibility index (Phi) is 5.49. The molecule has 6 nitrogen and oxygen atoms in total. The Morgan fingerprint density at radius 1 is 1.26 bits per heavy atom.